The maximum Gasteiger partial charge on any atom is 0.225 e. The maximum atomic E-state index is 12.6. The fourth-order valence-electron chi connectivity index (χ4n) is 3.04. The van der Waals surface area contributed by atoms with Crippen molar-refractivity contribution in [2.45, 2.75) is 33.2 Å². The Labute approximate surface area is 162 Å². The van der Waals surface area contributed by atoms with Gasteiger partial charge in [-0.25, -0.2) is 4.68 Å². The molecule has 4 nitrogen and oxygen atoms in total. The molecule has 0 bridgehead atoms. The van der Waals surface area contributed by atoms with Gasteiger partial charge >= 0.3 is 0 Å². The Morgan fingerprint density at radius 3 is 2.42 bits per heavy atom. The summed E-state index contributed by atoms with van der Waals surface area (Å²) in [5.74, 6) is -0.000713. The first kappa shape index (κ1) is 18.4. The highest BCUT2D eigenvalue weighted by Gasteiger charge is 2.17. The van der Waals surface area contributed by atoms with Crippen LogP contribution in [0.1, 0.15) is 35.5 Å². The number of halogens is 1. The molecule has 0 saturated heterocycles. The van der Waals surface area contributed by atoms with Gasteiger partial charge in [0.15, 0.2) is 0 Å². The average molecular weight is 412 g/mol. The Hall–Kier alpha value is -2.40. The summed E-state index contributed by atoms with van der Waals surface area (Å²) < 4.78 is 2.93. The number of hydrogen-bond acceptors (Lipinski definition) is 2. The predicted octanol–water partition coefficient (Wildman–Crippen LogP) is 4.67. The largest absolute Gasteiger partial charge is 0.349 e. The molecule has 0 radical (unpaired) electrons. The molecule has 1 amide bonds. The molecule has 134 valence electrons. The summed E-state index contributed by atoms with van der Waals surface area (Å²) in [7, 11) is 0. The van der Waals surface area contributed by atoms with Crippen molar-refractivity contribution < 1.29 is 4.79 Å². The minimum atomic E-state index is -0.0413. The molecule has 1 heterocycles. The molecule has 1 N–H and O–H groups in total. The molecule has 0 spiro atoms. The number of nitrogens with one attached hydrogen (secondary N) is 1. The second kappa shape index (κ2) is 7.87. The van der Waals surface area contributed by atoms with Crippen molar-refractivity contribution >= 4 is 21.8 Å². The molecule has 1 aromatic heterocycles. The number of nitrogens with zero attached hydrogens (tertiary/aromatic N) is 2. The minimum absolute atomic E-state index is 0.000713. The van der Waals surface area contributed by atoms with Crippen LogP contribution in [0.5, 0.6) is 0 Å². The van der Waals surface area contributed by atoms with Crippen LogP contribution in [0.25, 0.3) is 5.69 Å². The zero-order chi connectivity index (χ0) is 18.7. The number of aromatic nitrogens is 2. The molecule has 0 saturated carbocycles. The lowest BCUT2D eigenvalue weighted by Crippen LogP contribution is -2.28. The van der Waals surface area contributed by atoms with Gasteiger partial charge in [-0.2, -0.15) is 5.10 Å². The first-order valence-corrected chi connectivity index (χ1v) is 9.40. The SMILES string of the molecule is Cc1nn(-c2ccccc2)c(C)c1CC(=O)N[C@H](C)c1ccc(Br)cc1. The molecule has 1 atom stereocenters. The lowest BCUT2D eigenvalue weighted by molar-refractivity contribution is -0.121. The molecule has 0 aliphatic carbocycles. The van der Waals surface area contributed by atoms with Gasteiger partial charge in [-0.3, -0.25) is 4.79 Å². The quantitative estimate of drug-likeness (QED) is 0.662. The lowest BCUT2D eigenvalue weighted by Gasteiger charge is -2.14. The van der Waals surface area contributed by atoms with Crippen LogP contribution in [0, 0.1) is 13.8 Å². The standard InChI is InChI=1S/C21H22BrN3O/c1-14(17-9-11-18(22)12-10-17)23-21(26)13-20-15(2)24-25(16(20)3)19-7-5-4-6-8-19/h4-12,14H,13H2,1-3H3,(H,23,26)/t14-/m1/s1. The van der Waals surface area contributed by atoms with Crippen LogP contribution in [-0.2, 0) is 11.2 Å². The van der Waals surface area contributed by atoms with E-state index < -0.39 is 0 Å². The Bertz CT molecular complexity index is 901. The highest BCUT2D eigenvalue weighted by Crippen LogP contribution is 2.20. The zero-order valence-electron chi connectivity index (χ0n) is 15.2. The third-order valence-electron chi connectivity index (χ3n) is 4.53. The van der Waals surface area contributed by atoms with Gasteiger partial charge in [0.2, 0.25) is 5.91 Å². The van der Waals surface area contributed by atoms with Gasteiger partial charge in [-0.15, -0.1) is 0 Å². The van der Waals surface area contributed by atoms with E-state index in [9.17, 15) is 4.79 Å². The van der Waals surface area contributed by atoms with Crippen LogP contribution in [0.4, 0.5) is 0 Å². The summed E-state index contributed by atoms with van der Waals surface area (Å²) in [4.78, 5) is 12.6. The summed E-state index contributed by atoms with van der Waals surface area (Å²) in [6.45, 7) is 5.95. The Morgan fingerprint density at radius 1 is 1.12 bits per heavy atom. The zero-order valence-corrected chi connectivity index (χ0v) is 16.7. The molecule has 2 aromatic carbocycles. The fourth-order valence-corrected chi connectivity index (χ4v) is 3.30. The molecule has 0 unspecified atom stereocenters. The highest BCUT2D eigenvalue weighted by atomic mass is 79.9. The monoisotopic (exact) mass is 411 g/mol. The van der Waals surface area contributed by atoms with Crippen LogP contribution < -0.4 is 5.32 Å². The second-order valence-corrected chi connectivity index (χ2v) is 7.33. The summed E-state index contributed by atoms with van der Waals surface area (Å²) in [5, 5.41) is 7.69. The molecule has 0 aliphatic rings. The van der Waals surface area contributed by atoms with Crippen LogP contribution in [0.3, 0.4) is 0 Å². The number of para-hydroxylation sites is 1. The molecule has 3 aromatic rings. The third-order valence-corrected chi connectivity index (χ3v) is 5.06. The summed E-state index contributed by atoms with van der Waals surface area (Å²) in [5.41, 5.74) is 4.95. The van der Waals surface area contributed by atoms with Crippen molar-refractivity contribution in [1.82, 2.24) is 15.1 Å². The lowest BCUT2D eigenvalue weighted by atomic mass is 10.1. The molecule has 0 fully saturated rings. The Morgan fingerprint density at radius 2 is 1.77 bits per heavy atom. The van der Waals surface area contributed by atoms with Crippen molar-refractivity contribution in [1.29, 1.82) is 0 Å². The number of amides is 1. The minimum Gasteiger partial charge on any atom is -0.349 e. The Kier molecular flexibility index (Phi) is 5.57. The van der Waals surface area contributed by atoms with Gasteiger partial charge in [0.25, 0.3) is 0 Å². The van der Waals surface area contributed by atoms with Crippen LogP contribution in [0.15, 0.2) is 59.1 Å². The third kappa shape index (κ3) is 4.05. The van der Waals surface area contributed by atoms with Crippen LogP contribution >= 0.6 is 15.9 Å². The number of carbonyl (C=O) groups is 1. The first-order chi connectivity index (χ1) is 12.5. The van der Waals surface area contributed by atoms with Crippen LogP contribution in [-0.4, -0.2) is 15.7 Å². The van der Waals surface area contributed by atoms with E-state index >= 15 is 0 Å². The molecular formula is C21H22BrN3O. The van der Waals surface area contributed by atoms with E-state index in [0.717, 1.165) is 32.7 Å². The van der Waals surface area contributed by atoms with Crippen molar-refractivity contribution in [3.63, 3.8) is 0 Å². The van der Waals surface area contributed by atoms with Crippen LogP contribution in [0.2, 0.25) is 0 Å². The molecule has 5 heteroatoms. The van der Waals surface area contributed by atoms with Gasteiger partial charge in [-0.1, -0.05) is 46.3 Å². The van der Waals surface area contributed by atoms with E-state index in [1.807, 2.05) is 80.1 Å². The molecule has 26 heavy (non-hydrogen) atoms. The fraction of sp³-hybridized carbons (Fsp3) is 0.238. The van der Waals surface area contributed by atoms with Crippen molar-refractivity contribution in [3.8, 4) is 5.69 Å². The summed E-state index contributed by atoms with van der Waals surface area (Å²) >= 11 is 3.43. The molecule has 0 aliphatic heterocycles. The number of rotatable bonds is 5. The first-order valence-electron chi connectivity index (χ1n) is 8.61. The topological polar surface area (TPSA) is 46.9 Å². The van der Waals surface area contributed by atoms with Crippen molar-refractivity contribution in [2.75, 3.05) is 0 Å². The van der Waals surface area contributed by atoms with E-state index in [1.165, 1.54) is 0 Å². The number of benzene rings is 2. The Balaban J connectivity index is 1.73. The van der Waals surface area contributed by atoms with Gasteiger partial charge in [0.1, 0.15) is 0 Å². The number of aryl methyl sites for hydroxylation is 1. The molecule has 3 rings (SSSR count). The van der Waals surface area contributed by atoms with Gasteiger partial charge in [0.05, 0.1) is 23.8 Å². The van der Waals surface area contributed by atoms with Gasteiger partial charge in [-0.05, 0) is 50.6 Å². The summed E-state index contributed by atoms with van der Waals surface area (Å²) in [6.07, 6.45) is 0.325. The van der Waals surface area contributed by atoms with Crippen molar-refractivity contribution in [2.24, 2.45) is 0 Å². The number of carbonyl (C=O) groups excluding carboxylic acids is 1. The second-order valence-electron chi connectivity index (χ2n) is 6.41. The van der Waals surface area contributed by atoms with E-state index in [4.69, 9.17) is 0 Å². The van der Waals surface area contributed by atoms with Crippen molar-refractivity contribution in [3.05, 3.63) is 81.6 Å². The highest BCUT2D eigenvalue weighted by molar-refractivity contribution is 9.10. The maximum absolute atomic E-state index is 12.6. The van der Waals surface area contributed by atoms with E-state index in [2.05, 4.69) is 26.3 Å². The summed E-state index contributed by atoms with van der Waals surface area (Å²) in [6, 6.07) is 17.9. The van der Waals surface area contributed by atoms with E-state index in [1.54, 1.807) is 0 Å². The average Bonchev–Trinajstić information content (AvgIpc) is 2.91. The predicted molar refractivity (Wildman–Crippen MR) is 107 cm³/mol. The normalized spacial score (nSPS) is 12.0. The molecular weight excluding hydrogens is 390 g/mol. The van der Waals surface area contributed by atoms with Gasteiger partial charge in [0, 0.05) is 15.7 Å². The smallest absolute Gasteiger partial charge is 0.225 e. The van der Waals surface area contributed by atoms with E-state index in [0.29, 0.717) is 6.42 Å². The van der Waals surface area contributed by atoms with E-state index in [-0.39, 0.29) is 11.9 Å². The number of hydrogen-bond donors (Lipinski definition) is 1. The van der Waals surface area contributed by atoms with Gasteiger partial charge < -0.3 is 5.32 Å².